The third-order valence-electron chi connectivity index (χ3n) is 3.85. The summed E-state index contributed by atoms with van der Waals surface area (Å²) in [6, 6.07) is 4.10. The average molecular weight is 386 g/mol. The summed E-state index contributed by atoms with van der Waals surface area (Å²) in [6.07, 6.45) is 1.08. The molecule has 1 atom stereocenters. The maximum absolute atomic E-state index is 12.2. The van der Waals surface area contributed by atoms with E-state index < -0.39 is 18.0 Å². The van der Waals surface area contributed by atoms with E-state index in [1.807, 2.05) is 13.8 Å². The second-order valence-corrected chi connectivity index (χ2v) is 7.24. The summed E-state index contributed by atoms with van der Waals surface area (Å²) in [6.45, 7) is 4.00. The van der Waals surface area contributed by atoms with Crippen molar-refractivity contribution in [1.82, 2.24) is 15.5 Å². The van der Waals surface area contributed by atoms with Crippen LogP contribution in [0.3, 0.4) is 0 Å². The lowest BCUT2D eigenvalue weighted by Gasteiger charge is -2.14. The summed E-state index contributed by atoms with van der Waals surface area (Å²) in [5, 5.41) is 6.39. The average Bonchev–Trinajstić information content (AvgIpc) is 2.76. The van der Waals surface area contributed by atoms with Crippen molar-refractivity contribution >= 4 is 41.0 Å². The zero-order chi connectivity index (χ0) is 18.6. The number of rotatable bonds is 7. The van der Waals surface area contributed by atoms with E-state index in [1.54, 1.807) is 18.2 Å². The van der Waals surface area contributed by atoms with Gasteiger partial charge in [0.2, 0.25) is 5.91 Å². The Hall–Kier alpha value is -1.79. The van der Waals surface area contributed by atoms with Gasteiger partial charge in [-0.2, -0.15) is 0 Å². The molecule has 25 heavy (non-hydrogen) atoms. The van der Waals surface area contributed by atoms with Crippen LogP contribution in [0.4, 0.5) is 4.79 Å². The number of hydrogen-bond acceptors (Lipinski definition) is 3. The van der Waals surface area contributed by atoms with E-state index in [0.29, 0.717) is 29.4 Å². The van der Waals surface area contributed by atoms with Crippen LogP contribution in [-0.2, 0) is 16.0 Å². The van der Waals surface area contributed by atoms with Crippen LogP contribution < -0.4 is 10.6 Å². The fraction of sp³-hybridized carbons (Fsp3) is 0.471. The number of hydrogen-bond donors (Lipinski definition) is 2. The molecule has 0 aromatic heterocycles. The lowest BCUT2D eigenvalue weighted by Crippen LogP contribution is -2.41. The molecule has 136 valence electrons. The molecular weight excluding hydrogens is 365 g/mol. The lowest BCUT2D eigenvalue weighted by molar-refractivity contribution is -0.132. The first-order valence-electron chi connectivity index (χ1n) is 8.10. The van der Waals surface area contributed by atoms with Crippen molar-refractivity contribution in [2.24, 2.45) is 5.92 Å². The summed E-state index contributed by atoms with van der Waals surface area (Å²) in [7, 11) is 0. The largest absolute Gasteiger partial charge is 0.354 e. The molecule has 2 N–H and O–H groups in total. The maximum Gasteiger partial charge on any atom is 0.325 e. The lowest BCUT2D eigenvalue weighted by atomic mass is 10.0. The Kier molecular flexibility index (Phi) is 6.67. The van der Waals surface area contributed by atoms with Gasteiger partial charge in [0.05, 0.1) is 0 Å². The molecule has 0 bridgehead atoms. The summed E-state index contributed by atoms with van der Waals surface area (Å²) in [4.78, 5) is 37.0. The molecule has 0 spiro atoms. The molecule has 0 radical (unpaired) electrons. The van der Waals surface area contributed by atoms with E-state index in [2.05, 4.69) is 10.6 Å². The van der Waals surface area contributed by atoms with Crippen LogP contribution in [0.2, 0.25) is 10.0 Å². The summed E-state index contributed by atoms with van der Waals surface area (Å²) in [5.41, 5.74) is 0.860. The molecule has 1 heterocycles. The fourth-order valence-electron chi connectivity index (χ4n) is 2.62. The van der Waals surface area contributed by atoms with E-state index in [9.17, 15) is 14.4 Å². The van der Waals surface area contributed by atoms with Crippen molar-refractivity contribution in [3.05, 3.63) is 33.8 Å². The molecule has 4 amide bonds. The SMILES string of the molecule is CC(C)CC1NC(=O)N(CC(=O)NCCc2ccc(Cl)cc2Cl)C1=O. The van der Waals surface area contributed by atoms with Gasteiger partial charge < -0.3 is 10.6 Å². The Morgan fingerprint density at radius 1 is 1.32 bits per heavy atom. The van der Waals surface area contributed by atoms with Gasteiger partial charge >= 0.3 is 6.03 Å². The normalized spacial score (nSPS) is 17.2. The molecule has 6 nitrogen and oxygen atoms in total. The molecule has 2 rings (SSSR count). The summed E-state index contributed by atoms with van der Waals surface area (Å²) in [5.74, 6) is -0.472. The van der Waals surface area contributed by atoms with Crippen molar-refractivity contribution < 1.29 is 14.4 Å². The minimum Gasteiger partial charge on any atom is -0.354 e. The van der Waals surface area contributed by atoms with Gasteiger partial charge in [-0.25, -0.2) is 4.79 Å². The number of benzene rings is 1. The molecule has 1 fully saturated rings. The molecule has 1 aliphatic rings. The molecule has 0 saturated carbocycles. The van der Waals surface area contributed by atoms with Gasteiger partial charge in [0.1, 0.15) is 12.6 Å². The zero-order valence-electron chi connectivity index (χ0n) is 14.1. The topological polar surface area (TPSA) is 78.5 Å². The number of urea groups is 1. The van der Waals surface area contributed by atoms with Gasteiger partial charge in [-0.05, 0) is 36.5 Å². The number of carbonyl (C=O) groups excluding carboxylic acids is 3. The minimum atomic E-state index is -0.548. The van der Waals surface area contributed by atoms with Crippen LogP contribution in [0, 0.1) is 5.92 Å². The van der Waals surface area contributed by atoms with Crippen molar-refractivity contribution in [2.75, 3.05) is 13.1 Å². The van der Waals surface area contributed by atoms with Gasteiger partial charge in [0.15, 0.2) is 0 Å². The van der Waals surface area contributed by atoms with Crippen LogP contribution in [0.5, 0.6) is 0 Å². The number of amides is 4. The molecule has 1 saturated heterocycles. The standard InChI is InChI=1S/C17H21Cl2N3O3/c1-10(2)7-14-16(24)22(17(25)21-14)9-15(23)20-6-5-11-3-4-12(18)8-13(11)19/h3-4,8,10,14H,5-7,9H2,1-2H3,(H,20,23)(H,21,25). The number of imide groups is 1. The Morgan fingerprint density at radius 3 is 2.68 bits per heavy atom. The highest BCUT2D eigenvalue weighted by atomic mass is 35.5. The van der Waals surface area contributed by atoms with E-state index in [-0.39, 0.29) is 18.4 Å². The van der Waals surface area contributed by atoms with E-state index in [1.165, 1.54) is 0 Å². The Morgan fingerprint density at radius 2 is 2.04 bits per heavy atom. The summed E-state index contributed by atoms with van der Waals surface area (Å²) < 4.78 is 0. The quantitative estimate of drug-likeness (QED) is 0.708. The predicted octanol–water partition coefficient (Wildman–Crippen LogP) is 2.62. The van der Waals surface area contributed by atoms with Crippen LogP contribution in [0.15, 0.2) is 18.2 Å². The first kappa shape index (κ1) is 19.5. The fourth-order valence-corrected chi connectivity index (χ4v) is 3.12. The Balaban J connectivity index is 1.82. The van der Waals surface area contributed by atoms with Crippen molar-refractivity contribution in [2.45, 2.75) is 32.7 Å². The van der Waals surface area contributed by atoms with Crippen LogP contribution in [0.25, 0.3) is 0 Å². The highest BCUT2D eigenvalue weighted by Crippen LogP contribution is 2.21. The highest BCUT2D eigenvalue weighted by Gasteiger charge is 2.38. The van der Waals surface area contributed by atoms with Crippen molar-refractivity contribution in [3.8, 4) is 0 Å². The second-order valence-electron chi connectivity index (χ2n) is 6.39. The molecule has 1 aromatic carbocycles. The van der Waals surface area contributed by atoms with Crippen LogP contribution in [0.1, 0.15) is 25.8 Å². The van der Waals surface area contributed by atoms with Gasteiger partial charge in [-0.3, -0.25) is 14.5 Å². The van der Waals surface area contributed by atoms with E-state index in [0.717, 1.165) is 10.5 Å². The molecule has 1 aromatic rings. The Bertz CT molecular complexity index is 679. The van der Waals surface area contributed by atoms with Gasteiger partial charge in [-0.1, -0.05) is 43.1 Å². The molecule has 1 unspecified atom stereocenters. The van der Waals surface area contributed by atoms with Crippen LogP contribution in [-0.4, -0.2) is 41.9 Å². The minimum absolute atomic E-state index is 0.271. The number of carbonyl (C=O) groups is 3. The summed E-state index contributed by atoms with van der Waals surface area (Å²) >= 11 is 11.9. The van der Waals surface area contributed by atoms with Gasteiger partial charge in [0, 0.05) is 16.6 Å². The highest BCUT2D eigenvalue weighted by molar-refractivity contribution is 6.35. The zero-order valence-corrected chi connectivity index (χ0v) is 15.7. The van der Waals surface area contributed by atoms with Crippen molar-refractivity contribution in [3.63, 3.8) is 0 Å². The molecule has 0 aliphatic carbocycles. The van der Waals surface area contributed by atoms with E-state index in [4.69, 9.17) is 23.2 Å². The first-order chi connectivity index (χ1) is 11.8. The Labute approximate surface area is 156 Å². The maximum atomic E-state index is 12.2. The van der Waals surface area contributed by atoms with Gasteiger partial charge in [0.25, 0.3) is 5.91 Å². The molecule has 8 heteroatoms. The van der Waals surface area contributed by atoms with Crippen LogP contribution >= 0.6 is 23.2 Å². The number of nitrogens with one attached hydrogen (secondary N) is 2. The smallest absolute Gasteiger partial charge is 0.325 e. The van der Waals surface area contributed by atoms with E-state index >= 15 is 0 Å². The van der Waals surface area contributed by atoms with Gasteiger partial charge in [-0.15, -0.1) is 0 Å². The molecule has 1 aliphatic heterocycles. The number of nitrogens with zero attached hydrogens (tertiary/aromatic N) is 1. The number of halogens is 2. The first-order valence-corrected chi connectivity index (χ1v) is 8.86. The predicted molar refractivity (Wildman–Crippen MR) is 96.7 cm³/mol. The van der Waals surface area contributed by atoms with Crippen molar-refractivity contribution in [1.29, 1.82) is 0 Å². The third kappa shape index (κ3) is 5.34. The molecular formula is C17H21Cl2N3O3. The second kappa shape index (κ2) is 8.54. The third-order valence-corrected chi connectivity index (χ3v) is 4.43. The monoisotopic (exact) mass is 385 g/mol.